The quantitative estimate of drug-likeness (QED) is 0.520. The van der Waals surface area contributed by atoms with Gasteiger partial charge in [-0.05, 0) is 36.5 Å². The fourth-order valence-electron chi connectivity index (χ4n) is 2.64. The van der Waals surface area contributed by atoms with Crippen LogP contribution in [-0.4, -0.2) is 38.2 Å². The number of thiazole rings is 1. The number of ether oxygens (including phenoxy) is 1. The second-order valence-corrected chi connectivity index (χ2v) is 7.41. The number of benzene rings is 1. The van der Waals surface area contributed by atoms with E-state index in [0.717, 1.165) is 44.1 Å². The first-order valence-electron chi connectivity index (χ1n) is 9.18. The number of guanidine groups is 1. The number of rotatable bonds is 9. The number of aromatic nitrogens is 1. The Morgan fingerprint density at radius 2 is 1.96 bits per heavy atom. The Bertz CT molecular complexity index is 681. The summed E-state index contributed by atoms with van der Waals surface area (Å²) in [5.41, 5.74) is 1.33. The van der Waals surface area contributed by atoms with Gasteiger partial charge in [0.1, 0.15) is 5.75 Å². The minimum Gasteiger partial charge on any atom is -0.497 e. The summed E-state index contributed by atoms with van der Waals surface area (Å²) >= 11 is 1.79. The van der Waals surface area contributed by atoms with Crippen molar-refractivity contribution in [1.29, 1.82) is 0 Å². The molecule has 1 heterocycles. The van der Waals surface area contributed by atoms with Crippen LogP contribution in [0.4, 0.5) is 0 Å². The minimum absolute atomic E-state index is 0.481. The highest BCUT2D eigenvalue weighted by molar-refractivity contribution is 7.11. The zero-order chi connectivity index (χ0) is 18.8. The van der Waals surface area contributed by atoms with Gasteiger partial charge in [0.15, 0.2) is 5.96 Å². The van der Waals surface area contributed by atoms with E-state index in [1.54, 1.807) is 25.5 Å². The van der Waals surface area contributed by atoms with Gasteiger partial charge in [0.2, 0.25) is 0 Å². The van der Waals surface area contributed by atoms with Gasteiger partial charge < -0.3 is 15.4 Å². The number of aryl methyl sites for hydroxylation is 1. The molecular formula is C20H30N4OS. The molecule has 1 atom stereocenters. The first-order chi connectivity index (χ1) is 12.7. The van der Waals surface area contributed by atoms with Gasteiger partial charge in [0.05, 0.1) is 12.1 Å². The highest BCUT2D eigenvalue weighted by Crippen LogP contribution is 2.21. The number of nitrogens with one attached hydrogen (secondary N) is 2. The minimum atomic E-state index is 0.481. The number of hydrogen-bond acceptors (Lipinski definition) is 4. The van der Waals surface area contributed by atoms with E-state index in [4.69, 9.17) is 4.74 Å². The van der Waals surface area contributed by atoms with Crippen LogP contribution in [0.2, 0.25) is 0 Å². The smallest absolute Gasteiger partial charge is 0.190 e. The number of aliphatic imine (C=N–C) groups is 1. The molecule has 0 fully saturated rings. The maximum Gasteiger partial charge on any atom is 0.190 e. The predicted molar refractivity (Wildman–Crippen MR) is 111 cm³/mol. The van der Waals surface area contributed by atoms with Crippen LogP contribution in [0.25, 0.3) is 0 Å². The summed E-state index contributed by atoms with van der Waals surface area (Å²) in [5, 5.41) is 7.93. The molecular weight excluding hydrogens is 344 g/mol. The third kappa shape index (κ3) is 6.33. The Morgan fingerprint density at radius 1 is 1.23 bits per heavy atom. The lowest BCUT2D eigenvalue weighted by Gasteiger charge is -2.15. The van der Waals surface area contributed by atoms with Gasteiger partial charge in [-0.1, -0.05) is 26.0 Å². The van der Waals surface area contributed by atoms with Crippen molar-refractivity contribution in [3.63, 3.8) is 0 Å². The Hall–Kier alpha value is -2.08. The molecule has 1 aromatic heterocycles. The SMILES string of the molecule is CCc1cnc(CCNC(=NC)NCCC(C)c2ccc(OC)cc2)s1. The summed E-state index contributed by atoms with van der Waals surface area (Å²) in [6.45, 7) is 6.12. The molecule has 2 N–H and O–H groups in total. The molecule has 142 valence electrons. The van der Waals surface area contributed by atoms with E-state index in [2.05, 4.69) is 46.6 Å². The van der Waals surface area contributed by atoms with Crippen LogP contribution in [-0.2, 0) is 12.8 Å². The van der Waals surface area contributed by atoms with E-state index >= 15 is 0 Å². The molecule has 2 rings (SSSR count). The zero-order valence-corrected chi connectivity index (χ0v) is 17.0. The largest absolute Gasteiger partial charge is 0.497 e. The summed E-state index contributed by atoms with van der Waals surface area (Å²) in [7, 11) is 3.50. The highest BCUT2D eigenvalue weighted by atomic mass is 32.1. The van der Waals surface area contributed by atoms with Crippen LogP contribution in [0.15, 0.2) is 35.5 Å². The van der Waals surface area contributed by atoms with E-state index in [-0.39, 0.29) is 0 Å². The van der Waals surface area contributed by atoms with Crippen LogP contribution >= 0.6 is 11.3 Å². The van der Waals surface area contributed by atoms with E-state index in [1.165, 1.54) is 15.4 Å². The van der Waals surface area contributed by atoms with Gasteiger partial charge >= 0.3 is 0 Å². The van der Waals surface area contributed by atoms with Crippen molar-refractivity contribution in [2.24, 2.45) is 4.99 Å². The van der Waals surface area contributed by atoms with E-state index in [0.29, 0.717) is 5.92 Å². The lowest BCUT2D eigenvalue weighted by molar-refractivity contribution is 0.414. The molecule has 0 saturated heterocycles. The van der Waals surface area contributed by atoms with Gasteiger partial charge in [-0.2, -0.15) is 0 Å². The normalized spacial score (nSPS) is 12.7. The Kier molecular flexibility index (Phi) is 8.41. The second-order valence-electron chi connectivity index (χ2n) is 6.21. The molecule has 0 bridgehead atoms. The fraction of sp³-hybridized carbons (Fsp3) is 0.500. The maximum absolute atomic E-state index is 5.21. The number of hydrogen-bond donors (Lipinski definition) is 2. The van der Waals surface area contributed by atoms with Crippen LogP contribution in [0.5, 0.6) is 5.75 Å². The molecule has 1 aromatic carbocycles. The van der Waals surface area contributed by atoms with E-state index < -0.39 is 0 Å². The van der Waals surface area contributed by atoms with Crippen molar-refractivity contribution >= 4 is 17.3 Å². The number of methoxy groups -OCH3 is 1. The van der Waals surface area contributed by atoms with Crippen molar-refractivity contribution in [3.05, 3.63) is 45.9 Å². The second kappa shape index (κ2) is 10.8. The average molecular weight is 375 g/mol. The fourth-order valence-corrected chi connectivity index (χ4v) is 3.50. The molecule has 0 radical (unpaired) electrons. The molecule has 2 aromatic rings. The van der Waals surface area contributed by atoms with Crippen LogP contribution < -0.4 is 15.4 Å². The van der Waals surface area contributed by atoms with Gasteiger partial charge in [0.25, 0.3) is 0 Å². The van der Waals surface area contributed by atoms with Gasteiger partial charge in [-0.15, -0.1) is 11.3 Å². The van der Waals surface area contributed by atoms with Crippen molar-refractivity contribution < 1.29 is 4.74 Å². The van der Waals surface area contributed by atoms with Crippen LogP contribution in [0, 0.1) is 0 Å². The third-order valence-corrected chi connectivity index (χ3v) is 5.56. The van der Waals surface area contributed by atoms with Crippen molar-refractivity contribution in [2.75, 3.05) is 27.2 Å². The molecule has 1 unspecified atom stereocenters. The molecule has 0 aliphatic rings. The Labute approximate surface area is 160 Å². The van der Waals surface area contributed by atoms with Crippen molar-refractivity contribution in [3.8, 4) is 5.75 Å². The molecule has 0 spiro atoms. The lowest BCUT2D eigenvalue weighted by Crippen LogP contribution is -2.39. The summed E-state index contributed by atoms with van der Waals surface area (Å²) < 4.78 is 5.21. The van der Waals surface area contributed by atoms with Gasteiger partial charge in [-0.25, -0.2) is 4.98 Å². The van der Waals surface area contributed by atoms with Gasteiger partial charge in [-0.3, -0.25) is 4.99 Å². The maximum atomic E-state index is 5.21. The molecule has 0 amide bonds. The summed E-state index contributed by atoms with van der Waals surface area (Å²) in [4.78, 5) is 10.1. The van der Waals surface area contributed by atoms with E-state index in [1.807, 2.05) is 18.3 Å². The predicted octanol–water partition coefficient (Wildman–Crippen LogP) is 3.62. The van der Waals surface area contributed by atoms with Crippen molar-refractivity contribution in [2.45, 2.75) is 39.0 Å². The van der Waals surface area contributed by atoms with Gasteiger partial charge in [0, 0.05) is 37.6 Å². The molecule has 0 aliphatic carbocycles. The Balaban J connectivity index is 1.69. The molecule has 5 nitrogen and oxygen atoms in total. The molecule has 6 heteroatoms. The monoisotopic (exact) mass is 374 g/mol. The van der Waals surface area contributed by atoms with Crippen LogP contribution in [0.3, 0.4) is 0 Å². The average Bonchev–Trinajstić information content (AvgIpc) is 3.14. The first-order valence-corrected chi connectivity index (χ1v) is 10.00. The summed E-state index contributed by atoms with van der Waals surface area (Å²) in [6, 6.07) is 8.30. The standard InChI is InChI=1S/C20H30N4OS/c1-5-18-14-24-19(26-18)11-13-23-20(21-3)22-12-10-15(2)16-6-8-17(25-4)9-7-16/h6-9,14-15H,5,10-13H2,1-4H3,(H2,21,22,23). The number of nitrogens with zero attached hydrogens (tertiary/aromatic N) is 2. The van der Waals surface area contributed by atoms with Crippen LogP contribution in [0.1, 0.15) is 41.6 Å². The first kappa shape index (κ1) is 20.2. The van der Waals surface area contributed by atoms with E-state index in [9.17, 15) is 0 Å². The third-order valence-electron chi connectivity index (χ3n) is 4.36. The summed E-state index contributed by atoms with van der Waals surface area (Å²) in [6.07, 6.45) is 5.00. The lowest BCUT2D eigenvalue weighted by atomic mass is 9.98. The zero-order valence-electron chi connectivity index (χ0n) is 16.2. The topological polar surface area (TPSA) is 58.5 Å². The molecule has 0 aliphatic heterocycles. The molecule has 26 heavy (non-hydrogen) atoms. The Morgan fingerprint density at radius 3 is 2.58 bits per heavy atom. The highest BCUT2D eigenvalue weighted by Gasteiger charge is 2.07. The molecule has 0 saturated carbocycles. The van der Waals surface area contributed by atoms with Crippen molar-refractivity contribution in [1.82, 2.24) is 15.6 Å². The summed E-state index contributed by atoms with van der Waals surface area (Å²) in [5.74, 6) is 2.23.